The summed E-state index contributed by atoms with van der Waals surface area (Å²) in [6.45, 7) is 8.02. The molecule has 3 rings (SSSR count). The van der Waals surface area contributed by atoms with Gasteiger partial charge in [0.05, 0.1) is 5.60 Å². The summed E-state index contributed by atoms with van der Waals surface area (Å²) in [5, 5.41) is 36.4. The average Bonchev–Trinajstić information content (AvgIpc) is 2.80. The Morgan fingerprint density at radius 3 is 2.04 bits per heavy atom. The summed E-state index contributed by atoms with van der Waals surface area (Å²) in [5.41, 5.74) is 0.326. The molecule has 0 heterocycles. The van der Waals surface area contributed by atoms with Gasteiger partial charge in [-0.1, -0.05) is 32.9 Å². The number of aliphatic hydroxyl groups excluding tert-OH is 1. The summed E-state index contributed by atoms with van der Waals surface area (Å²) in [6, 6.07) is 7.10. The van der Waals surface area contributed by atoms with Gasteiger partial charge in [0.25, 0.3) is 0 Å². The Bertz CT molecular complexity index is 607. The molecule has 134 valence electrons. The van der Waals surface area contributed by atoms with Gasteiger partial charge in [-0.2, -0.15) is 0 Å². The SMILES string of the molecule is CC(O)C(=O)O.CC1(C)[C@@H]2CC[C@]1(C)[C@](O)(c1ccc(O)cc1)C2. The molecule has 4 atom stereocenters. The lowest BCUT2D eigenvalue weighted by Gasteiger charge is -2.45. The van der Waals surface area contributed by atoms with E-state index in [-0.39, 0.29) is 16.6 Å². The number of benzene rings is 1. The van der Waals surface area contributed by atoms with Crippen LogP contribution in [0.25, 0.3) is 0 Å². The highest BCUT2D eigenvalue weighted by Crippen LogP contribution is 2.72. The molecule has 2 bridgehead atoms. The topological polar surface area (TPSA) is 98.0 Å². The first-order chi connectivity index (χ1) is 11.0. The maximum atomic E-state index is 11.3. The maximum Gasteiger partial charge on any atom is 0.332 e. The predicted octanol–water partition coefficient (Wildman–Crippen LogP) is 2.88. The van der Waals surface area contributed by atoms with Crippen LogP contribution in [0.15, 0.2) is 24.3 Å². The van der Waals surface area contributed by atoms with Crippen LogP contribution in [0.4, 0.5) is 0 Å². The highest BCUT2D eigenvalue weighted by atomic mass is 16.4. The molecule has 5 heteroatoms. The third kappa shape index (κ3) is 2.70. The second-order valence-electron chi connectivity index (χ2n) is 7.91. The number of hydrogen-bond donors (Lipinski definition) is 4. The molecule has 0 saturated heterocycles. The third-order valence-corrected chi connectivity index (χ3v) is 6.59. The number of aliphatic carboxylic acids is 1. The Labute approximate surface area is 143 Å². The standard InChI is InChI=1S/C16H22O2.C3H6O3/c1-14(2)12-8-9-15(14,3)16(18,10-12)11-4-6-13(17)7-5-11;1-2(4)3(5)6/h4-7,12,17-18H,8-10H2,1-3H3;2,4H,1H3,(H,5,6)/t12-,15+,16-;/m1./s1. The first-order valence-corrected chi connectivity index (χ1v) is 8.38. The lowest BCUT2D eigenvalue weighted by atomic mass is 9.62. The van der Waals surface area contributed by atoms with Crippen molar-refractivity contribution in [1.82, 2.24) is 0 Å². The Morgan fingerprint density at radius 2 is 1.71 bits per heavy atom. The fourth-order valence-corrected chi connectivity index (χ4v) is 4.45. The molecule has 2 saturated carbocycles. The van der Waals surface area contributed by atoms with E-state index >= 15 is 0 Å². The number of fused-ring (bicyclic) bond motifs is 2. The number of carboxylic acid groups (broad SMARTS) is 1. The molecule has 0 spiro atoms. The van der Waals surface area contributed by atoms with Crippen LogP contribution in [0.3, 0.4) is 0 Å². The number of carbonyl (C=O) groups is 1. The highest BCUT2D eigenvalue weighted by Gasteiger charge is 2.68. The van der Waals surface area contributed by atoms with E-state index in [1.807, 2.05) is 12.1 Å². The van der Waals surface area contributed by atoms with Crippen molar-refractivity contribution in [3.8, 4) is 5.75 Å². The van der Waals surface area contributed by atoms with Gasteiger partial charge in [-0.25, -0.2) is 4.79 Å². The molecule has 5 nitrogen and oxygen atoms in total. The van der Waals surface area contributed by atoms with Crippen LogP contribution in [-0.2, 0) is 10.4 Å². The molecular formula is C19H28O5. The fourth-order valence-electron chi connectivity index (χ4n) is 4.45. The van der Waals surface area contributed by atoms with Crippen molar-refractivity contribution in [2.24, 2.45) is 16.7 Å². The van der Waals surface area contributed by atoms with Crippen molar-refractivity contribution in [1.29, 1.82) is 0 Å². The van der Waals surface area contributed by atoms with Crippen LogP contribution in [0, 0.1) is 16.7 Å². The van der Waals surface area contributed by atoms with E-state index in [2.05, 4.69) is 20.8 Å². The number of hydrogen-bond acceptors (Lipinski definition) is 4. The average molecular weight is 336 g/mol. The number of rotatable bonds is 2. The van der Waals surface area contributed by atoms with E-state index < -0.39 is 17.7 Å². The van der Waals surface area contributed by atoms with Crippen molar-refractivity contribution in [3.05, 3.63) is 29.8 Å². The van der Waals surface area contributed by atoms with E-state index in [0.717, 1.165) is 18.4 Å². The van der Waals surface area contributed by atoms with Crippen LogP contribution < -0.4 is 0 Å². The first-order valence-electron chi connectivity index (χ1n) is 8.38. The summed E-state index contributed by atoms with van der Waals surface area (Å²) in [5.74, 6) is -0.328. The zero-order valence-corrected chi connectivity index (χ0v) is 14.8. The Kier molecular flexibility index (Phi) is 4.72. The Morgan fingerprint density at radius 1 is 1.21 bits per heavy atom. The molecular weight excluding hydrogens is 308 g/mol. The third-order valence-electron chi connectivity index (χ3n) is 6.59. The van der Waals surface area contributed by atoms with Gasteiger partial charge in [0.15, 0.2) is 0 Å². The first kappa shape index (κ1) is 18.7. The fraction of sp³-hybridized carbons (Fsp3) is 0.632. The van der Waals surface area contributed by atoms with Gasteiger partial charge in [0.2, 0.25) is 0 Å². The molecule has 0 amide bonds. The minimum absolute atomic E-state index is 0.0678. The van der Waals surface area contributed by atoms with Crippen LogP contribution in [-0.4, -0.2) is 32.5 Å². The molecule has 2 aliphatic carbocycles. The summed E-state index contributed by atoms with van der Waals surface area (Å²) < 4.78 is 0. The lowest BCUT2D eigenvalue weighted by Crippen LogP contribution is -2.44. The molecule has 2 fully saturated rings. The van der Waals surface area contributed by atoms with Gasteiger partial charge < -0.3 is 20.4 Å². The smallest absolute Gasteiger partial charge is 0.332 e. The van der Waals surface area contributed by atoms with Gasteiger partial charge in [0, 0.05) is 5.41 Å². The van der Waals surface area contributed by atoms with E-state index in [9.17, 15) is 15.0 Å². The number of phenols is 1. The number of aliphatic hydroxyl groups is 2. The van der Waals surface area contributed by atoms with E-state index in [1.54, 1.807) is 12.1 Å². The minimum Gasteiger partial charge on any atom is -0.508 e. The Hall–Kier alpha value is -1.59. The molecule has 1 aromatic rings. The van der Waals surface area contributed by atoms with Gasteiger partial charge in [-0.05, 0) is 55.2 Å². The van der Waals surface area contributed by atoms with E-state index in [0.29, 0.717) is 5.92 Å². The molecule has 0 radical (unpaired) electrons. The summed E-state index contributed by atoms with van der Waals surface area (Å²) in [6.07, 6.45) is 1.93. The normalized spacial score (nSPS) is 34.3. The van der Waals surface area contributed by atoms with Crippen molar-refractivity contribution in [2.75, 3.05) is 0 Å². The van der Waals surface area contributed by atoms with Crippen molar-refractivity contribution in [2.45, 2.75) is 58.7 Å². The summed E-state index contributed by atoms with van der Waals surface area (Å²) in [4.78, 5) is 9.45. The maximum absolute atomic E-state index is 11.3. The number of aromatic hydroxyl groups is 1. The van der Waals surface area contributed by atoms with Crippen LogP contribution in [0.5, 0.6) is 5.75 Å². The summed E-state index contributed by atoms with van der Waals surface area (Å²) in [7, 11) is 0. The zero-order valence-electron chi connectivity index (χ0n) is 14.8. The van der Waals surface area contributed by atoms with Crippen LogP contribution in [0.2, 0.25) is 0 Å². The van der Waals surface area contributed by atoms with Gasteiger partial charge in [-0.15, -0.1) is 0 Å². The van der Waals surface area contributed by atoms with Crippen LogP contribution >= 0.6 is 0 Å². The van der Waals surface area contributed by atoms with E-state index in [1.165, 1.54) is 13.3 Å². The lowest BCUT2D eigenvalue weighted by molar-refractivity contribution is -0.145. The number of carboxylic acids is 1. The predicted molar refractivity (Wildman–Crippen MR) is 90.5 cm³/mol. The Balaban J connectivity index is 0.000000301. The van der Waals surface area contributed by atoms with Crippen molar-refractivity contribution >= 4 is 5.97 Å². The van der Waals surface area contributed by atoms with Crippen LogP contribution in [0.1, 0.15) is 52.5 Å². The molecule has 24 heavy (non-hydrogen) atoms. The monoisotopic (exact) mass is 336 g/mol. The molecule has 4 N–H and O–H groups in total. The van der Waals surface area contributed by atoms with Crippen molar-refractivity contribution in [3.63, 3.8) is 0 Å². The summed E-state index contributed by atoms with van der Waals surface area (Å²) >= 11 is 0. The molecule has 2 aliphatic rings. The van der Waals surface area contributed by atoms with Crippen molar-refractivity contribution < 1.29 is 25.2 Å². The van der Waals surface area contributed by atoms with E-state index in [4.69, 9.17) is 10.2 Å². The molecule has 0 aliphatic heterocycles. The second-order valence-corrected chi connectivity index (χ2v) is 7.91. The number of phenolic OH excluding ortho intramolecular Hbond substituents is 1. The second kappa shape index (κ2) is 6.05. The molecule has 1 aromatic carbocycles. The van der Waals surface area contributed by atoms with Gasteiger partial charge in [0.1, 0.15) is 11.9 Å². The molecule has 0 aromatic heterocycles. The largest absolute Gasteiger partial charge is 0.508 e. The minimum atomic E-state index is -1.23. The van der Waals surface area contributed by atoms with Gasteiger partial charge >= 0.3 is 5.97 Å². The molecule has 1 unspecified atom stereocenters. The quantitative estimate of drug-likeness (QED) is 0.666. The van der Waals surface area contributed by atoms with Gasteiger partial charge in [-0.3, -0.25) is 0 Å². The zero-order chi connectivity index (χ0) is 18.3. The highest BCUT2D eigenvalue weighted by molar-refractivity contribution is 5.71.